The zero-order chi connectivity index (χ0) is 18.3. The van der Waals surface area contributed by atoms with Gasteiger partial charge < -0.3 is 10.6 Å². The summed E-state index contributed by atoms with van der Waals surface area (Å²) in [7, 11) is 0. The Hall–Kier alpha value is -2.61. The smallest absolute Gasteiger partial charge is 0.263 e. The quantitative estimate of drug-likeness (QED) is 0.751. The minimum atomic E-state index is -2.48. The van der Waals surface area contributed by atoms with Crippen molar-refractivity contribution < 1.29 is 8.78 Å². The van der Waals surface area contributed by atoms with E-state index >= 15 is 0 Å². The zero-order valence-electron chi connectivity index (χ0n) is 14.4. The first-order valence-electron chi connectivity index (χ1n) is 8.56. The number of rotatable bonds is 3. The molecule has 3 heterocycles. The van der Waals surface area contributed by atoms with E-state index in [9.17, 15) is 8.78 Å². The molecule has 4 rings (SSSR count). The number of nitrogens with two attached hydrogens (primary N) is 1. The van der Waals surface area contributed by atoms with Gasteiger partial charge in [-0.05, 0) is 19.8 Å². The minimum Gasteiger partial charge on any atom is -0.355 e. The first-order valence-corrected chi connectivity index (χ1v) is 8.56. The Balaban J connectivity index is 1.61. The molecule has 0 amide bonds. The Morgan fingerprint density at radius 1 is 1.19 bits per heavy atom. The van der Waals surface area contributed by atoms with Crippen LogP contribution in [-0.4, -0.2) is 38.8 Å². The third-order valence-corrected chi connectivity index (χ3v) is 4.92. The third kappa shape index (κ3) is 3.12. The molecule has 0 atom stereocenters. The van der Waals surface area contributed by atoms with Crippen LogP contribution in [0.2, 0.25) is 0 Å². The first kappa shape index (κ1) is 16.8. The van der Waals surface area contributed by atoms with Gasteiger partial charge in [0, 0.05) is 29.8 Å². The lowest BCUT2D eigenvalue weighted by molar-refractivity contribution is 0.151. The van der Waals surface area contributed by atoms with E-state index in [0.29, 0.717) is 16.9 Å². The van der Waals surface area contributed by atoms with Crippen LogP contribution in [0.5, 0.6) is 0 Å². The number of fused-ring (bicyclic) bond motifs is 1. The monoisotopic (exact) mass is 358 g/mol. The minimum absolute atomic E-state index is 0.0148. The van der Waals surface area contributed by atoms with Gasteiger partial charge in [0.25, 0.3) is 6.43 Å². The molecule has 6 nitrogen and oxygen atoms in total. The number of anilines is 1. The molecule has 1 aliphatic rings. The SMILES string of the molecule is CC1(N)CCN(c2cnc3c(-c4ccc(C(F)F)cc4)n[nH]c3n2)CC1. The van der Waals surface area contributed by atoms with Crippen molar-refractivity contribution in [3.05, 3.63) is 36.0 Å². The van der Waals surface area contributed by atoms with Gasteiger partial charge in [0.15, 0.2) is 5.65 Å². The van der Waals surface area contributed by atoms with Crippen LogP contribution in [0, 0.1) is 0 Å². The number of nitrogens with zero attached hydrogens (tertiary/aromatic N) is 4. The molecular weight excluding hydrogens is 338 g/mol. The van der Waals surface area contributed by atoms with E-state index < -0.39 is 6.43 Å². The second-order valence-corrected chi connectivity index (χ2v) is 7.06. The number of H-pyrrole nitrogens is 1. The average molecular weight is 358 g/mol. The summed E-state index contributed by atoms with van der Waals surface area (Å²) in [6, 6.07) is 6.05. The molecule has 3 aromatic rings. The molecular formula is C18H20F2N6. The summed E-state index contributed by atoms with van der Waals surface area (Å²) in [6.45, 7) is 3.74. The lowest BCUT2D eigenvalue weighted by atomic mass is 9.91. The van der Waals surface area contributed by atoms with Crippen LogP contribution < -0.4 is 10.6 Å². The molecule has 3 N–H and O–H groups in total. The Morgan fingerprint density at radius 3 is 2.54 bits per heavy atom. The highest BCUT2D eigenvalue weighted by Crippen LogP contribution is 2.28. The number of hydrogen-bond donors (Lipinski definition) is 2. The summed E-state index contributed by atoms with van der Waals surface area (Å²) in [6.07, 6.45) is 1.05. The number of aromatic amines is 1. The van der Waals surface area contributed by atoms with Gasteiger partial charge in [-0.25, -0.2) is 18.7 Å². The van der Waals surface area contributed by atoms with Gasteiger partial charge in [-0.3, -0.25) is 5.10 Å². The standard InChI is InChI=1S/C18H20F2N6/c1-18(21)6-8-26(9-7-18)13-10-22-15-14(24-25-17(15)23-13)11-2-4-12(5-3-11)16(19)20/h2-5,10,16H,6-9,21H2,1H3,(H,23,24,25). The highest BCUT2D eigenvalue weighted by atomic mass is 19.3. The Kier molecular flexibility index (Phi) is 4.07. The fourth-order valence-electron chi connectivity index (χ4n) is 3.18. The fourth-order valence-corrected chi connectivity index (χ4v) is 3.18. The average Bonchev–Trinajstić information content (AvgIpc) is 3.05. The van der Waals surface area contributed by atoms with Crippen LogP contribution in [-0.2, 0) is 0 Å². The number of benzene rings is 1. The summed E-state index contributed by atoms with van der Waals surface area (Å²) in [5, 5.41) is 7.17. The van der Waals surface area contributed by atoms with Gasteiger partial charge in [-0.15, -0.1) is 0 Å². The number of alkyl halides is 2. The largest absolute Gasteiger partial charge is 0.355 e. The second-order valence-electron chi connectivity index (χ2n) is 7.06. The molecule has 1 fully saturated rings. The van der Waals surface area contributed by atoms with Gasteiger partial charge in [0.05, 0.1) is 6.20 Å². The number of halogens is 2. The predicted octanol–water partition coefficient (Wildman–Crippen LogP) is 3.28. The lowest BCUT2D eigenvalue weighted by Gasteiger charge is -2.37. The Morgan fingerprint density at radius 2 is 1.88 bits per heavy atom. The molecule has 0 spiro atoms. The summed E-state index contributed by atoms with van der Waals surface area (Å²) in [4.78, 5) is 11.3. The zero-order valence-corrected chi connectivity index (χ0v) is 14.4. The van der Waals surface area contributed by atoms with Gasteiger partial charge in [-0.1, -0.05) is 24.3 Å². The molecule has 1 aromatic carbocycles. The van der Waals surface area contributed by atoms with Crippen molar-refractivity contribution in [1.29, 1.82) is 0 Å². The maximum Gasteiger partial charge on any atom is 0.263 e. The summed E-state index contributed by atoms with van der Waals surface area (Å²) < 4.78 is 25.4. The van der Waals surface area contributed by atoms with Crippen LogP contribution in [0.15, 0.2) is 30.5 Å². The van der Waals surface area contributed by atoms with E-state index in [4.69, 9.17) is 5.73 Å². The van der Waals surface area contributed by atoms with Gasteiger partial charge >= 0.3 is 0 Å². The number of piperidine rings is 1. The van der Waals surface area contributed by atoms with E-state index in [-0.39, 0.29) is 11.1 Å². The van der Waals surface area contributed by atoms with Crippen LogP contribution in [0.25, 0.3) is 22.4 Å². The third-order valence-electron chi connectivity index (χ3n) is 4.92. The predicted molar refractivity (Wildman–Crippen MR) is 96.1 cm³/mol. The van der Waals surface area contributed by atoms with Gasteiger partial charge in [0.1, 0.15) is 17.0 Å². The number of aromatic nitrogens is 4. The molecule has 26 heavy (non-hydrogen) atoms. The van der Waals surface area contributed by atoms with E-state index in [0.717, 1.165) is 37.3 Å². The van der Waals surface area contributed by atoms with Crippen molar-refractivity contribution in [3.63, 3.8) is 0 Å². The number of nitrogens with one attached hydrogen (secondary N) is 1. The summed E-state index contributed by atoms with van der Waals surface area (Å²) >= 11 is 0. The molecule has 136 valence electrons. The van der Waals surface area contributed by atoms with Crippen molar-refractivity contribution >= 4 is 17.0 Å². The maximum atomic E-state index is 12.7. The van der Waals surface area contributed by atoms with Gasteiger partial charge in [0.2, 0.25) is 0 Å². The molecule has 0 saturated carbocycles. The molecule has 8 heteroatoms. The molecule has 1 saturated heterocycles. The summed E-state index contributed by atoms with van der Waals surface area (Å²) in [5.74, 6) is 0.788. The van der Waals surface area contributed by atoms with Crippen molar-refractivity contribution in [2.24, 2.45) is 5.73 Å². The molecule has 1 aliphatic heterocycles. The normalized spacial score (nSPS) is 17.2. The van der Waals surface area contributed by atoms with Crippen LogP contribution in [0.1, 0.15) is 31.8 Å². The van der Waals surface area contributed by atoms with Gasteiger partial charge in [-0.2, -0.15) is 5.10 Å². The van der Waals surface area contributed by atoms with Crippen LogP contribution in [0.3, 0.4) is 0 Å². The van der Waals surface area contributed by atoms with E-state index in [2.05, 4.69) is 32.0 Å². The van der Waals surface area contributed by atoms with E-state index in [1.165, 1.54) is 12.1 Å². The Bertz CT molecular complexity index is 909. The first-order chi connectivity index (χ1) is 12.4. The second kappa shape index (κ2) is 6.28. The van der Waals surface area contributed by atoms with Crippen LogP contribution in [0.4, 0.5) is 14.6 Å². The molecule has 0 radical (unpaired) electrons. The van der Waals surface area contributed by atoms with E-state index in [1.807, 2.05) is 0 Å². The van der Waals surface area contributed by atoms with E-state index in [1.54, 1.807) is 18.3 Å². The maximum absolute atomic E-state index is 12.7. The Labute approximate surface area is 149 Å². The number of hydrogen-bond acceptors (Lipinski definition) is 5. The lowest BCUT2D eigenvalue weighted by Crippen LogP contribution is -2.48. The molecule has 0 bridgehead atoms. The van der Waals surface area contributed by atoms with Crippen molar-refractivity contribution in [1.82, 2.24) is 20.2 Å². The molecule has 2 aromatic heterocycles. The highest BCUT2D eigenvalue weighted by Gasteiger charge is 2.27. The molecule has 0 unspecified atom stereocenters. The summed E-state index contributed by atoms with van der Waals surface area (Å²) in [5.41, 5.74) is 8.57. The van der Waals surface area contributed by atoms with Crippen molar-refractivity contribution in [3.8, 4) is 11.3 Å². The topological polar surface area (TPSA) is 83.7 Å². The molecule has 0 aliphatic carbocycles. The van der Waals surface area contributed by atoms with Crippen LogP contribution >= 0.6 is 0 Å². The highest BCUT2D eigenvalue weighted by molar-refractivity contribution is 5.87. The van der Waals surface area contributed by atoms with Crippen molar-refractivity contribution in [2.45, 2.75) is 31.7 Å². The fraction of sp³-hybridized carbons (Fsp3) is 0.389. The van der Waals surface area contributed by atoms with Crippen molar-refractivity contribution in [2.75, 3.05) is 18.0 Å².